The number of aliphatic hydroxyl groups excluding tert-OH is 1. The highest BCUT2D eigenvalue weighted by Crippen LogP contribution is 2.39. The minimum Gasteiger partial charge on any atom is -0.510 e. The van der Waals surface area contributed by atoms with Gasteiger partial charge in [-0.25, -0.2) is 0 Å². The van der Waals surface area contributed by atoms with Gasteiger partial charge in [0.25, 0.3) is 0 Å². The number of thioether (sulfide) groups is 1. The maximum absolute atomic E-state index is 11.7. The highest BCUT2D eigenvalue weighted by atomic mass is 32.2. The van der Waals surface area contributed by atoms with E-state index in [0.29, 0.717) is 5.56 Å². The molecule has 5 heteroatoms. The summed E-state index contributed by atoms with van der Waals surface area (Å²) in [6.07, 6.45) is -0.251. The molecule has 1 atom stereocenters. The molecule has 0 bridgehead atoms. The second kappa shape index (κ2) is 4.63. The zero-order valence-corrected chi connectivity index (χ0v) is 9.61. The van der Waals surface area contributed by atoms with Crippen LogP contribution in [0.4, 0.5) is 0 Å². The van der Waals surface area contributed by atoms with Crippen molar-refractivity contribution in [2.45, 2.75) is 11.7 Å². The molecule has 0 radical (unpaired) electrons. The molecule has 1 heterocycles. The van der Waals surface area contributed by atoms with Gasteiger partial charge in [-0.15, -0.1) is 0 Å². The van der Waals surface area contributed by atoms with Crippen LogP contribution >= 0.6 is 11.8 Å². The van der Waals surface area contributed by atoms with Crippen LogP contribution in [0.5, 0.6) is 0 Å². The number of carbonyl (C=O) groups excluding carboxylic acids is 1. The Morgan fingerprint density at radius 1 is 1.29 bits per heavy atom. The molecule has 0 aromatic heterocycles. The Hall–Kier alpha value is -1.75. The van der Waals surface area contributed by atoms with E-state index in [9.17, 15) is 14.7 Å². The monoisotopic (exact) mass is 250 g/mol. The van der Waals surface area contributed by atoms with Gasteiger partial charge in [-0.05, 0) is 5.56 Å². The first-order valence-corrected chi connectivity index (χ1v) is 5.89. The fourth-order valence-corrected chi connectivity index (χ4v) is 2.73. The Kier molecular flexibility index (Phi) is 3.19. The van der Waals surface area contributed by atoms with Crippen molar-refractivity contribution < 1.29 is 19.8 Å². The number of hydrogen-bond donors (Lipinski definition) is 2. The predicted octanol–water partition coefficient (Wildman–Crippen LogP) is 2.07. The van der Waals surface area contributed by atoms with Gasteiger partial charge < -0.3 is 10.2 Å². The van der Waals surface area contributed by atoms with E-state index in [-0.39, 0.29) is 22.9 Å². The van der Waals surface area contributed by atoms with E-state index < -0.39 is 11.2 Å². The van der Waals surface area contributed by atoms with Gasteiger partial charge in [0, 0.05) is 0 Å². The average molecular weight is 250 g/mol. The second-order valence-corrected chi connectivity index (χ2v) is 4.79. The zero-order valence-electron chi connectivity index (χ0n) is 8.79. The van der Waals surface area contributed by atoms with Gasteiger partial charge >= 0.3 is 5.97 Å². The van der Waals surface area contributed by atoms with Crippen LogP contribution in [0.2, 0.25) is 0 Å². The maximum atomic E-state index is 11.7. The van der Waals surface area contributed by atoms with E-state index in [4.69, 9.17) is 5.11 Å². The standard InChI is InChI=1S/C12H10O4S/c13-9(14)6-8-11(15)10(12(16)17-8)7-4-2-1-3-5-7/h1-5,8,15H,6H2,(H,13,14). The summed E-state index contributed by atoms with van der Waals surface area (Å²) in [6, 6.07) is 8.76. The number of rotatable bonds is 3. The topological polar surface area (TPSA) is 74.6 Å². The third-order valence-electron chi connectivity index (χ3n) is 2.44. The Balaban J connectivity index is 2.35. The number of carboxylic acids is 1. The molecule has 1 aromatic rings. The van der Waals surface area contributed by atoms with Crippen molar-refractivity contribution >= 4 is 28.4 Å². The molecule has 0 spiro atoms. The van der Waals surface area contributed by atoms with E-state index >= 15 is 0 Å². The van der Waals surface area contributed by atoms with Crippen molar-refractivity contribution in [3.05, 3.63) is 41.7 Å². The van der Waals surface area contributed by atoms with Gasteiger partial charge in [0.05, 0.1) is 17.2 Å². The highest BCUT2D eigenvalue weighted by Gasteiger charge is 2.35. The molecule has 17 heavy (non-hydrogen) atoms. The molecular weight excluding hydrogens is 240 g/mol. The molecule has 0 saturated carbocycles. The van der Waals surface area contributed by atoms with Crippen LogP contribution in [0.3, 0.4) is 0 Å². The van der Waals surface area contributed by atoms with E-state index in [1.54, 1.807) is 24.3 Å². The summed E-state index contributed by atoms with van der Waals surface area (Å²) in [7, 11) is 0. The Morgan fingerprint density at radius 3 is 2.53 bits per heavy atom. The summed E-state index contributed by atoms with van der Waals surface area (Å²) in [4.78, 5) is 22.3. The molecule has 0 amide bonds. The summed E-state index contributed by atoms with van der Waals surface area (Å²) in [6.45, 7) is 0. The van der Waals surface area contributed by atoms with E-state index in [2.05, 4.69) is 0 Å². The largest absolute Gasteiger partial charge is 0.510 e. The van der Waals surface area contributed by atoms with E-state index in [0.717, 1.165) is 11.8 Å². The first kappa shape index (κ1) is 11.7. The summed E-state index contributed by atoms with van der Waals surface area (Å²) < 4.78 is 0. The fraction of sp³-hybridized carbons (Fsp3) is 0.167. The smallest absolute Gasteiger partial charge is 0.304 e. The molecule has 1 aliphatic rings. The van der Waals surface area contributed by atoms with Crippen LogP contribution in [0.15, 0.2) is 36.1 Å². The zero-order chi connectivity index (χ0) is 12.4. The second-order valence-electron chi connectivity index (χ2n) is 3.62. The Labute approximate surface area is 102 Å². The van der Waals surface area contributed by atoms with Gasteiger partial charge in [0.15, 0.2) is 0 Å². The van der Waals surface area contributed by atoms with Crippen LogP contribution in [0.25, 0.3) is 5.57 Å². The molecule has 0 fully saturated rings. The summed E-state index contributed by atoms with van der Waals surface area (Å²) in [5.74, 6) is -1.16. The van der Waals surface area contributed by atoms with Crippen LogP contribution in [0, 0.1) is 0 Å². The number of carboxylic acid groups (broad SMARTS) is 1. The van der Waals surface area contributed by atoms with Crippen LogP contribution in [-0.2, 0) is 9.59 Å². The van der Waals surface area contributed by atoms with Crippen molar-refractivity contribution in [1.82, 2.24) is 0 Å². The van der Waals surface area contributed by atoms with Crippen molar-refractivity contribution in [1.29, 1.82) is 0 Å². The molecule has 0 aliphatic carbocycles. The summed E-state index contributed by atoms with van der Waals surface area (Å²) in [5, 5.41) is 17.6. The summed E-state index contributed by atoms with van der Waals surface area (Å²) >= 11 is 0.861. The first-order chi connectivity index (χ1) is 8.09. The lowest BCUT2D eigenvalue weighted by Gasteiger charge is -2.04. The Bertz CT molecular complexity index is 492. The van der Waals surface area contributed by atoms with Crippen LogP contribution in [-0.4, -0.2) is 26.5 Å². The maximum Gasteiger partial charge on any atom is 0.304 e. The van der Waals surface area contributed by atoms with Gasteiger partial charge in [0.2, 0.25) is 5.12 Å². The number of aliphatic carboxylic acids is 1. The van der Waals surface area contributed by atoms with Gasteiger partial charge in [-0.3, -0.25) is 9.59 Å². The number of benzene rings is 1. The molecular formula is C12H10O4S. The lowest BCUT2D eigenvalue weighted by molar-refractivity contribution is -0.136. The first-order valence-electron chi connectivity index (χ1n) is 5.01. The lowest BCUT2D eigenvalue weighted by atomic mass is 10.0. The lowest BCUT2D eigenvalue weighted by Crippen LogP contribution is -2.09. The minimum absolute atomic E-state index is 0.131. The number of aliphatic hydroxyl groups is 1. The molecule has 2 rings (SSSR count). The van der Waals surface area contributed by atoms with Crippen molar-refractivity contribution in [2.75, 3.05) is 0 Å². The normalized spacial score (nSPS) is 19.8. The van der Waals surface area contributed by atoms with Crippen molar-refractivity contribution in [3.8, 4) is 0 Å². The van der Waals surface area contributed by atoms with Crippen molar-refractivity contribution in [2.24, 2.45) is 0 Å². The molecule has 88 valence electrons. The van der Waals surface area contributed by atoms with E-state index in [1.165, 1.54) is 0 Å². The van der Waals surface area contributed by atoms with Crippen LogP contribution < -0.4 is 0 Å². The molecule has 1 aromatic carbocycles. The minimum atomic E-state index is -1.03. The predicted molar refractivity (Wildman–Crippen MR) is 64.6 cm³/mol. The number of carbonyl (C=O) groups is 2. The Morgan fingerprint density at radius 2 is 1.94 bits per heavy atom. The van der Waals surface area contributed by atoms with E-state index in [1.807, 2.05) is 6.07 Å². The SMILES string of the molecule is O=C(O)CC1SC(=O)C(c2ccccc2)=C1O. The fourth-order valence-electron chi connectivity index (χ4n) is 1.68. The molecule has 1 unspecified atom stereocenters. The van der Waals surface area contributed by atoms with Crippen LogP contribution in [0.1, 0.15) is 12.0 Å². The van der Waals surface area contributed by atoms with Gasteiger partial charge in [0.1, 0.15) is 5.76 Å². The molecule has 1 aliphatic heterocycles. The van der Waals surface area contributed by atoms with Crippen molar-refractivity contribution in [3.63, 3.8) is 0 Å². The third kappa shape index (κ3) is 2.34. The average Bonchev–Trinajstić information content (AvgIpc) is 2.54. The summed E-state index contributed by atoms with van der Waals surface area (Å²) in [5.41, 5.74) is 0.845. The molecule has 4 nitrogen and oxygen atoms in total. The van der Waals surface area contributed by atoms with Gasteiger partial charge in [-0.2, -0.15) is 0 Å². The quantitative estimate of drug-likeness (QED) is 0.859. The molecule has 0 saturated heterocycles. The van der Waals surface area contributed by atoms with Gasteiger partial charge in [-0.1, -0.05) is 42.1 Å². The highest BCUT2D eigenvalue weighted by molar-refractivity contribution is 8.16. The molecule has 2 N–H and O–H groups in total. The number of hydrogen-bond acceptors (Lipinski definition) is 4. The third-order valence-corrected chi connectivity index (χ3v) is 3.53.